The maximum absolute atomic E-state index is 12.7. The Morgan fingerprint density at radius 1 is 1.19 bits per heavy atom. The molecule has 0 saturated heterocycles. The van der Waals surface area contributed by atoms with E-state index >= 15 is 0 Å². The molecule has 0 fully saturated rings. The van der Waals surface area contributed by atoms with Gasteiger partial charge in [-0.3, -0.25) is 0 Å². The van der Waals surface area contributed by atoms with E-state index in [-0.39, 0.29) is 5.82 Å². The van der Waals surface area contributed by atoms with Gasteiger partial charge in [-0.1, -0.05) is 26.0 Å². The summed E-state index contributed by atoms with van der Waals surface area (Å²) in [6.07, 6.45) is -0.582. The van der Waals surface area contributed by atoms with Crippen LogP contribution in [0.5, 0.6) is 0 Å². The van der Waals surface area contributed by atoms with Crippen molar-refractivity contribution in [3.05, 3.63) is 35.6 Å². The van der Waals surface area contributed by atoms with Crippen molar-refractivity contribution in [2.75, 3.05) is 6.54 Å². The van der Waals surface area contributed by atoms with Gasteiger partial charge < -0.3 is 10.4 Å². The largest absolute Gasteiger partial charge is 0.387 e. The SMILES string of the molecule is CC(C)C(C)NCC(O)c1ccc(F)cc1. The first-order chi connectivity index (χ1) is 7.50. The predicted octanol–water partition coefficient (Wildman–Crippen LogP) is 2.49. The smallest absolute Gasteiger partial charge is 0.123 e. The van der Waals surface area contributed by atoms with Gasteiger partial charge in [0.25, 0.3) is 0 Å². The fourth-order valence-corrected chi connectivity index (χ4v) is 1.34. The van der Waals surface area contributed by atoms with E-state index in [0.717, 1.165) is 5.56 Å². The summed E-state index contributed by atoms with van der Waals surface area (Å²) >= 11 is 0. The third-order valence-electron chi connectivity index (χ3n) is 2.89. The number of rotatable bonds is 5. The Labute approximate surface area is 96.5 Å². The van der Waals surface area contributed by atoms with Crippen LogP contribution < -0.4 is 5.32 Å². The third kappa shape index (κ3) is 3.91. The second kappa shape index (κ2) is 5.97. The van der Waals surface area contributed by atoms with Crippen LogP contribution in [0.4, 0.5) is 4.39 Å². The van der Waals surface area contributed by atoms with Crippen molar-refractivity contribution in [1.29, 1.82) is 0 Å². The summed E-state index contributed by atoms with van der Waals surface area (Å²) in [5, 5.41) is 13.1. The summed E-state index contributed by atoms with van der Waals surface area (Å²) in [6, 6.07) is 6.31. The maximum Gasteiger partial charge on any atom is 0.123 e. The summed E-state index contributed by atoms with van der Waals surface area (Å²) in [4.78, 5) is 0. The lowest BCUT2D eigenvalue weighted by atomic mass is 10.1. The lowest BCUT2D eigenvalue weighted by Crippen LogP contribution is -2.34. The summed E-state index contributed by atoms with van der Waals surface area (Å²) in [5.74, 6) is 0.250. The van der Waals surface area contributed by atoms with Crippen LogP contribution in [0.15, 0.2) is 24.3 Å². The quantitative estimate of drug-likeness (QED) is 0.807. The van der Waals surface area contributed by atoms with Crippen LogP contribution in [-0.4, -0.2) is 17.7 Å². The molecule has 0 aliphatic rings. The van der Waals surface area contributed by atoms with Crippen molar-refractivity contribution in [2.45, 2.75) is 32.9 Å². The highest BCUT2D eigenvalue weighted by molar-refractivity contribution is 5.18. The molecule has 2 unspecified atom stereocenters. The van der Waals surface area contributed by atoms with Gasteiger partial charge in [-0.25, -0.2) is 4.39 Å². The molecule has 1 aromatic rings. The van der Waals surface area contributed by atoms with E-state index < -0.39 is 6.10 Å². The highest BCUT2D eigenvalue weighted by Crippen LogP contribution is 2.13. The zero-order chi connectivity index (χ0) is 12.1. The van der Waals surface area contributed by atoms with E-state index in [1.54, 1.807) is 12.1 Å². The molecule has 0 bridgehead atoms. The Morgan fingerprint density at radius 2 is 1.75 bits per heavy atom. The molecule has 0 radical (unpaired) electrons. The third-order valence-corrected chi connectivity index (χ3v) is 2.89. The summed E-state index contributed by atoms with van der Waals surface area (Å²) in [7, 11) is 0. The molecule has 2 atom stereocenters. The molecule has 90 valence electrons. The molecule has 2 N–H and O–H groups in total. The minimum atomic E-state index is -0.582. The van der Waals surface area contributed by atoms with Crippen LogP contribution in [0.1, 0.15) is 32.4 Å². The van der Waals surface area contributed by atoms with Crippen molar-refractivity contribution in [2.24, 2.45) is 5.92 Å². The molecule has 2 nitrogen and oxygen atoms in total. The fourth-order valence-electron chi connectivity index (χ4n) is 1.34. The Morgan fingerprint density at radius 3 is 2.25 bits per heavy atom. The van der Waals surface area contributed by atoms with Gasteiger partial charge in [0.1, 0.15) is 5.82 Å². The number of benzene rings is 1. The van der Waals surface area contributed by atoms with Gasteiger partial charge in [-0.2, -0.15) is 0 Å². The highest BCUT2D eigenvalue weighted by Gasteiger charge is 2.11. The van der Waals surface area contributed by atoms with E-state index in [9.17, 15) is 9.50 Å². The van der Waals surface area contributed by atoms with E-state index in [2.05, 4.69) is 26.1 Å². The maximum atomic E-state index is 12.7. The second-order valence-electron chi connectivity index (χ2n) is 4.51. The molecule has 0 aromatic heterocycles. The molecule has 0 saturated carbocycles. The Kier molecular flexibility index (Phi) is 4.90. The number of aliphatic hydroxyl groups is 1. The Bertz CT molecular complexity index is 310. The molecule has 1 rings (SSSR count). The van der Waals surface area contributed by atoms with Crippen LogP contribution in [0, 0.1) is 11.7 Å². The number of aliphatic hydroxyl groups excluding tert-OH is 1. The number of hydrogen-bond donors (Lipinski definition) is 2. The molecule has 1 aromatic carbocycles. The van der Waals surface area contributed by atoms with Crippen molar-refractivity contribution in [3.63, 3.8) is 0 Å². The van der Waals surface area contributed by atoms with Crippen LogP contribution in [0.2, 0.25) is 0 Å². The fraction of sp³-hybridized carbons (Fsp3) is 0.538. The predicted molar refractivity (Wildman–Crippen MR) is 63.7 cm³/mol. The van der Waals surface area contributed by atoms with Gasteiger partial charge in [-0.05, 0) is 30.5 Å². The van der Waals surface area contributed by atoms with Crippen molar-refractivity contribution < 1.29 is 9.50 Å². The average Bonchev–Trinajstić information content (AvgIpc) is 2.26. The van der Waals surface area contributed by atoms with Gasteiger partial charge in [0, 0.05) is 12.6 Å². The molecular formula is C13H20FNO. The summed E-state index contributed by atoms with van der Waals surface area (Å²) in [5.41, 5.74) is 0.741. The topological polar surface area (TPSA) is 32.3 Å². The van der Waals surface area contributed by atoms with Crippen LogP contribution in [-0.2, 0) is 0 Å². The van der Waals surface area contributed by atoms with Crippen molar-refractivity contribution >= 4 is 0 Å². The first kappa shape index (κ1) is 13.1. The van der Waals surface area contributed by atoms with Gasteiger partial charge >= 0.3 is 0 Å². The van der Waals surface area contributed by atoms with Crippen LogP contribution in [0.25, 0.3) is 0 Å². The van der Waals surface area contributed by atoms with E-state index in [0.29, 0.717) is 18.5 Å². The molecular weight excluding hydrogens is 205 g/mol. The molecule has 0 spiro atoms. The van der Waals surface area contributed by atoms with Crippen molar-refractivity contribution in [3.8, 4) is 0 Å². The van der Waals surface area contributed by atoms with E-state index in [1.165, 1.54) is 12.1 Å². The van der Waals surface area contributed by atoms with E-state index in [4.69, 9.17) is 0 Å². The highest BCUT2D eigenvalue weighted by atomic mass is 19.1. The standard InChI is InChI=1S/C13H20FNO/c1-9(2)10(3)15-8-13(16)11-4-6-12(14)7-5-11/h4-7,9-10,13,15-16H,8H2,1-3H3. The van der Waals surface area contributed by atoms with Crippen molar-refractivity contribution in [1.82, 2.24) is 5.32 Å². The molecule has 3 heteroatoms. The van der Waals surface area contributed by atoms with Gasteiger partial charge in [-0.15, -0.1) is 0 Å². The average molecular weight is 225 g/mol. The normalized spacial score (nSPS) is 15.1. The second-order valence-corrected chi connectivity index (χ2v) is 4.51. The first-order valence-electron chi connectivity index (χ1n) is 5.67. The molecule has 0 heterocycles. The van der Waals surface area contributed by atoms with Gasteiger partial charge in [0.2, 0.25) is 0 Å². The molecule has 0 aliphatic carbocycles. The minimum Gasteiger partial charge on any atom is -0.387 e. The lowest BCUT2D eigenvalue weighted by Gasteiger charge is -2.20. The summed E-state index contributed by atoms with van der Waals surface area (Å²) in [6.45, 7) is 6.83. The van der Waals surface area contributed by atoms with E-state index in [1.807, 2.05) is 0 Å². The Balaban J connectivity index is 2.46. The molecule has 16 heavy (non-hydrogen) atoms. The summed E-state index contributed by atoms with van der Waals surface area (Å²) < 4.78 is 12.7. The molecule has 0 amide bonds. The first-order valence-corrected chi connectivity index (χ1v) is 5.67. The zero-order valence-corrected chi connectivity index (χ0v) is 10.1. The van der Waals surface area contributed by atoms with Gasteiger partial charge in [0.15, 0.2) is 0 Å². The number of hydrogen-bond acceptors (Lipinski definition) is 2. The number of nitrogens with one attached hydrogen (secondary N) is 1. The lowest BCUT2D eigenvalue weighted by molar-refractivity contribution is 0.167. The monoisotopic (exact) mass is 225 g/mol. The van der Waals surface area contributed by atoms with Crippen LogP contribution in [0.3, 0.4) is 0 Å². The zero-order valence-electron chi connectivity index (χ0n) is 10.1. The van der Waals surface area contributed by atoms with Crippen LogP contribution >= 0.6 is 0 Å². The minimum absolute atomic E-state index is 0.278. The van der Waals surface area contributed by atoms with Gasteiger partial charge in [0.05, 0.1) is 6.10 Å². The Hall–Kier alpha value is -0.930. The molecule has 0 aliphatic heterocycles. The number of halogens is 1.